The van der Waals surface area contributed by atoms with Crippen LogP contribution in [0.3, 0.4) is 0 Å². The lowest BCUT2D eigenvalue weighted by Crippen LogP contribution is -2.36. The zero-order chi connectivity index (χ0) is 25.9. The van der Waals surface area contributed by atoms with Gasteiger partial charge in [-0.15, -0.1) is 0 Å². The van der Waals surface area contributed by atoms with E-state index in [0.717, 1.165) is 15.6 Å². The van der Waals surface area contributed by atoms with Crippen molar-refractivity contribution >= 4 is 60.9 Å². The highest BCUT2D eigenvalue weighted by Gasteiger charge is 2.28. The van der Waals surface area contributed by atoms with Crippen molar-refractivity contribution in [3.63, 3.8) is 0 Å². The monoisotopic (exact) mass is 611 g/mol. The minimum atomic E-state index is -3.23. The summed E-state index contributed by atoms with van der Waals surface area (Å²) < 4.78 is 32.5. The highest BCUT2D eigenvalue weighted by atomic mass is 79.9. The van der Waals surface area contributed by atoms with Crippen LogP contribution in [0.1, 0.15) is 30.5 Å². The number of amides is 2. The number of sulfonamides is 1. The molecule has 36 heavy (non-hydrogen) atoms. The fourth-order valence-corrected chi connectivity index (χ4v) is 5.99. The van der Waals surface area contributed by atoms with Crippen LogP contribution in [-0.4, -0.2) is 26.7 Å². The van der Waals surface area contributed by atoms with Crippen molar-refractivity contribution in [1.29, 1.82) is 0 Å². The van der Waals surface area contributed by atoms with Crippen LogP contribution in [0, 0.1) is 0 Å². The van der Waals surface area contributed by atoms with Gasteiger partial charge in [-0.05, 0) is 55.3 Å². The SMILES string of the molecule is CC(NC(=O)NCc1ccc(Br)cc1Oc1ccc(Cl)c(Cl)c1)c1ccc(N2CCCS2(=O)=O)cc1. The number of carbonyl (C=O) groups excluding carboxylic acids is 1. The van der Waals surface area contributed by atoms with Crippen molar-refractivity contribution in [2.75, 3.05) is 16.6 Å². The standard InChI is InChI=1S/C25H24BrCl2N3O4S/c1-16(17-4-7-20(8-5-17)31-11-2-12-36(31,33)34)30-25(32)29-15-18-3-6-19(26)13-24(18)35-21-9-10-22(27)23(28)14-21/h3-10,13-14,16H,2,11-12,15H2,1H3,(H2,29,30,32). The van der Waals surface area contributed by atoms with Gasteiger partial charge in [0.2, 0.25) is 10.0 Å². The predicted octanol–water partition coefficient (Wildman–Crippen LogP) is 6.65. The number of carbonyl (C=O) groups is 1. The second-order valence-electron chi connectivity index (χ2n) is 8.31. The number of urea groups is 1. The summed E-state index contributed by atoms with van der Waals surface area (Å²) >= 11 is 15.5. The first-order valence-corrected chi connectivity index (χ1v) is 14.3. The third-order valence-corrected chi connectivity index (χ3v) is 8.82. The van der Waals surface area contributed by atoms with Crippen LogP contribution in [0.5, 0.6) is 11.5 Å². The number of nitrogens with one attached hydrogen (secondary N) is 2. The molecule has 0 aliphatic carbocycles. The van der Waals surface area contributed by atoms with Gasteiger partial charge < -0.3 is 15.4 Å². The summed E-state index contributed by atoms with van der Waals surface area (Å²) in [6, 6.07) is 17.1. The summed E-state index contributed by atoms with van der Waals surface area (Å²) in [6.07, 6.45) is 0.626. The molecule has 0 bridgehead atoms. The Morgan fingerprint density at radius 3 is 2.50 bits per heavy atom. The molecule has 1 fully saturated rings. The predicted molar refractivity (Wildman–Crippen MR) is 147 cm³/mol. The molecule has 0 aromatic heterocycles. The number of hydrogen-bond acceptors (Lipinski definition) is 4. The number of rotatable bonds is 7. The van der Waals surface area contributed by atoms with Crippen molar-refractivity contribution in [2.24, 2.45) is 0 Å². The molecule has 3 aromatic rings. The second kappa shape index (κ2) is 11.3. The van der Waals surface area contributed by atoms with E-state index in [0.29, 0.717) is 40.2 Å². The summed E-state index contributed by atoms with van der Waals surface area (Å²) in [5.41, 5.74) is 2.26. The van der Waals surface area contributed by atoms with Crippen LogP contribution in [-0.2, 0) is 16.6 Å². The molecule has 1 heterocycles. The van der Waals surface area contributed by atoms with Gasteiger partial charge in [0.05, 0.1) is 27.5 Å². The smallest absolute Gasteiger partial charge is 0.315 e. The average molecular weight is 613 g/mol. The quantitative estimate of drug-likeness (QED) is 0.313. The lowest BCUT2D eigenvalue weighted by molar-refractivity contribution is 0.237. The second-order valence-corrected chi connectivity index (χ2v) is 12.1. The van der Waals surface area contributed by atoms with Gasteiger partial charge in [0.1, 0.15) is 11.5 Å². The van der Waals surface area contributed by atoms with Crippen molar-refractivity contribution in [2.45, 2.75) is 25.9 Å². The fourth-order valence-electron chi connectivity index (χ4n) is 3.80. The topological polar surface area (TPSA) is 87.7 Å². The molecule has 11 heteroatoms. The van der Waals surface area contributed by atoms with Crippen molar-refractivity contribution in [3.05, 3.63) is 86.3 Å². The van der Waals surface area contributed by atoms with Gasteiger partial charge in [-0.3, -0.25) is 4.31 Å². The van der Waals surface area contributed by atoms with Crippen molar-refractivity contribution in [1.82, 2.24) is 10.6 Å². The van der Waals surface area contributed by atoms with E-state index in [1.54, 1.807) is 30.3 Å². The highest BCUT2D eigenvalue weighted by molar-refractivity contribution is 9.10. The first-order chi connectivity index (χ1) is 17.1. The lowest BCUT2D eigenvalue weighted by Gasteiger charge is -2.19. The molecule has 190 valence electrons. The summed E-state index contributed by atoms with van der Waals surface area (Å²) in [7, 11) is -3.23. The van der Waals surface area contributed by atoms with Gasteiger partial charge in [0.15, 0.2) is 0 Å². The maximum Gasteiger partial charge on any atom is 0.315 e. The summed E-state index contributed by atoms with van der Waals surface area (Å²) in [5.74, 6) is 1.25. The molecule has 3 aromatic carbocycles. The first-order valence-electron chi connectivity index (χ1n) is 11.2. The summed E-state index contributed by atoms with van der Waals surface area (Å²) in [6.45, 7) is 2.58. The summed E-state index contributed by atoms with van der Waals surface area (Å²) in [5, 5.41) is 6.57. The van der Waals surface area contributed by atoms with E-state index in [-0.39, 0.29) is 24.4 Å². The van der Waals surface area contributed by atoms with Crippen LogP contribution >= 0.6 is 39.1 Å². The van der Waals surface area contributed by atoms with Crippen LogP contribution < -0.4 is 19.7 Å². The van der Waals surface area contributed by atoms with E-state index in [1.165, 1.54) is 4.31 Å². The molecular formula is C25H24BrCl2N3O4S. The van der Waals surface area contributed by atoms with Gasteiger partial charge >= 0.3 is 6.03 Å². The van der Waals surface area contributed by atoms with E-state index < -0.39 is 10.0 Å². The molecule has 1 unspecified atom stereocenters. The highest BCUT2D eigenvalue weighted by Crippen LogP contribution is 2.32. The molecule has 4 rings (SSSR count). The normalized spacial score (nSPS) is 15.4. The largest absolute Gasteiger partial charge is 0.457 e. The van der Waals surface area contributed by atoms with Gasteiger partial charge in [-0.1, -0.05) is 57.3 Å². The van der Waals surface area contributed by atoms with Gasteiger partial charge in [0.25, 0.3) is 0 Å². The minimum absolute atomic E-state index is 0.172. The molecule has 2 N–H and O–H groups in total. The van der Waals surface area contributed by atoms with Crippen LogP contribution in [0.15, 0.2) is 65.1 Å². The Hall–Kier alpha value is -2.46. The summed E-state index contributed by atoms with van der Waals surface area (Å²) in [4.78, 5) is 12.6. The number of ether oxygens (including phenoxy) is 1. The fraction of sp³-hybridized carbons (Fsp3) is 0.240. The molecule has 2 amide bonds. The van der Waals surface area contributed by atoms with E-state index in [4.69, 9.17) is 27.9 Å². The van der Waals surface area contributed by atoms with Crippen molar-refractivity contribution < 1.29 is 17.9 Å². The Kier molecular flexibility index (Phi) is 8.34. The molecule has 1 aliphatic rings. The molecule has 7 nitrogen and oxygen atoms in total. The first kappa shape index (κ1) is 26.6. The maximum atomic E-state index is 12.6. The lowest BCUT2D eigenvalue weighted by atomic mass is 10.1. The number of benzene rings is 3. The molecular weight excluding hydrogens is 589 g/mol. The van der Waals surface area contributed by atoms with Crippen molar-refractivity contribution in [3.8, 4) is 11.5 Å². The van der Waals surface area contributed by atoms with Gasteiger partial charge in [-0.2, -0.15) is 0 Å². The Labute approximate surface area is 228 Å². The molecule has 1 atom stereocenters. The minimum Gasteiger partial charge on any atom is -0.457 e. The Balaban J connectivity index is 1.37. The number of halogens is 3. The zero-order valence-corrected chi connectivity index (χ0v) is 23.2. The molecule has 0 radical (unpaired) electrons. The van der Waals surface area contributed by atoms with E-state index >= 15 is 0 Å². The Bertz CT molecular complexity index is 1370. The van der Waals surface area contributed by atoms with Crippen LogP contribution in [0.25, 0.3) is 0 Å². The number of anilines is 1. The van der Waals surface area contributed by atoms with E-state index in [2.05, 4.69) is 26.6 Å². The molecule has 1 aliphatic heterocycles. The maximum absolute atomic E-state index is 12.6. The third kappa shape index (κ3) is 6.45. The third-order valence-electron chi connectivity index (χ3n) is 5.72. The average Bonchev–Trinajstić information content (AvgIpc) is 3.20. The number of nitrogens with zero attached hydrogens (tertiary/aromatic N) is 1. The van der Waals surface area contributed by atoms with Gasteiger partial charge in [-0.25, -0.2) is 13.2 Å². The van der Waals surface area contributed by atoms with Gasteiger partial charge in [0, 0.05) is 29.2 Å². The Morgan fingerprint density at radius 1 is 1.08 bits per heavy atom. The van der Waals surface area contributed by atoms with Crippen LogP contribution in [0.4, 0.5) is 10.5 Å². The van der Waals surface area contributed by atoms with Crippen LogP contribution in [0.2, 0.25) is 10.0 Å². The Morgan fingerprint density at radius 2 is 1.83 bits per heavy atom. The molecule has 0 saturated carbocycles. The molecule has 0 spiro atoms. The zero-order valence-electron chi connectivity index (χ0n) is 19.3. The van der Waals surface area contributed by atoms with E-state index in [9.17, 15) is 13.2 Å². The van der Waals surface area contributed by atoms with E-state index in [1.807, 2.05) is 37.3 Å². The number of hydrogen-bond donors (Lipinski definition) is 2. The molecule has 1 saturated heterocycles.